The summed E-state index contributed by atoms with van der Waals surface area (Å²) in [6, 6.07) is 20.6. The Kier molecular flexibility index (Phi) is 4.52. The van der Waals surface area contributed by atoms with Gasteiger partial charge >= 0.3 is 0 Å². The topological polar surface area (TPSA) is 87.0 Å². The molecule has 5 rings (SSSR count). The fourth-order valence-electron chi connectivity index (χ4n) is 3.76. The van der Waals surface area contributed by atoms with E-state index < -0.39 is 5.91 Å². The van der Waals surface area contributed by atoms with Crippen molar-refractivity contribution < 1.29 is 9.53 Å². The standard InChI is InChI=1S/C25H19N3O3/c1-31-17-6-4-5-15(11-17)19-12-16-9-10-26-22(16)13-23(19)28-25(30)20-14-27-21-8-3-2-7-18(21)24(20)29/h2-14,26H,1H3,(H,27,29)(H,28,30). The van der Waals surface area contributed by atoms with Crippen LogP contribution in [0.2, 0.25) is 0 Å². The van der Waals surface area contributed by atoms with E-state index in [1.54, 1.807) is 25.3 Å². The lowest BCUT2D eigenvalue weighted by molar-refractivity contribution is 0.102. The monoisotopic (exact) mass is 409 g/mol. The van der Waals surface area contributed by atoms with E-state index in [0.29, 0.717) is 16.6 Å². The number of aromatic amines is 2. The van der Waals surface area contributed by atoms with Crippen molar-refractivity contribution in [3.8, 4) is 16.9 Å². The molecular weight excluding hydrogens is 390 g/mol. The van der Waals surface area contributed by atoms with Gasteiger partial charge in [0, 0.05) is 39.8 Å². The highest BCUT2D eigenvalue weighted by Crippen LogP contribution is 2.34. The molecule has 0 saturated heterocycles. The van der Waals surface area contributed by atoms with Gasteiger partial charge in [0.15, 0.2) is 0 Å². The second-order valence-electron chi connectivity index (χ2n) is 7.23. The molecule has 5 aromatic rings. The van der Waals surface area contributed by atoms with E-state index in [1.807, 2.05) is 54.7 Å². The molecule has 0 fully saturated rings. The zero-order chi connectivity index (χ0) is 21.4. The highest BCUT2D eigenvalue weighted by molar-refractivity contribution is 6.09. The van der Waals surface area contributed by atoms with Gasteiger partial charge < -0.3 is 20.0 Å². The number of carbonyl (C=O) groups is 1. The lowest BCUT2D eigenvalue weighted by atomic mass is 10.0. The average molecular weight is 409 g/mol. The Morgan fingerprint density at radius 3 is 2.68 bits per heavy atom. The number of fused-ring (bicyclic) bond motifs is 2. The normalized spacial score (nSPS) is 11.0. The quantitative estimate of drug-likeness (QED) is 0.393. The molecule has 0 spiro atoms. The summed E-state index contributed by atoms with van der Waals surface area (Å²) in [5.74, 6) is 0.247. The molecule has 0 unspecified atom stereocenters. The number of pyridine rings is 1. The van der Waals surface area contributed by atoms with E-state index in [-0.39, 0.29) is 11.0 Å². The van der Waals surface area contributed by atoms with E-state index in [9.17, 15) is 9.59 Å². The number of H-pyrrole nitrogens is 2. The summed E-state index contributed by atoms with van der Waals surface area (Å²) in [6.07, 6.45) is 3.30. The van der Waals surface area contributed by atoms with Crippen molar-refractivity contribution in [2.75, 3.05) is 12.4 Å². The van der Waals surface area contributed by atoms with Crippen molar-refractivity contribution in [2.45, 2.75) is 0 Å². The van der Waals surface area contributed by atoms with E-state index in [1.165, 1.54) is 6.20 Å². The summed E-state index contributed by atoms with van der Waals surface area (Å²) in [4.78, 5) is 32.2. The van der Waals surface area contributed by atoms with Gasteiger partial charge in [-0.15, -0.1) is 0 Å². The van der Waals surface area contributed by atoms with Crippen LogP contribution in [-0.2, 0) is 0 Å². The summed E-state index contributed by atoms with van der Waals surface area (Å²) >= 11 is 0. The van der Waals surface area contributed by atoms with Crippen LogP contribution in [0.25, 0.3) is 32.9 Å². The number of anilines is 1. The predicted molar refractivity (Wildman–Crippen MR) is 123 cm³/mol. The first-order valence-corrected chi connectivity index (χ1v) is 9.81. The van der Waals surface area contributed by atoms with Gasteiger partial charge in [-0.3, -0.25) is 9.59 Å². The molecule has 0 atom stereocenters. The Hall–Kier alpha value is -4.32. The van der Waals surface area contributed by atoms with Gasteiger partial charge in [-0.2, -0.15) is 0 Å². The minimum absolute atomic E-state index is 0.0573. The molecule has 2 heterocycles. The van der Waals surface area contributed by atoms with Gasteiger partial charge in [0.05, 0.1) is 12.8 Å². The number of benzene rings is 3. The molecule has 1 amide bonds. The highest BCUT2D eigenvalue weighted by Gasteiger charge is 2.16. The van der Waals surface area contributed by atoms with Crippen molar-refractivity contribution in [3.63, 3.8) is 0 Å². The predicted octanol–water partition coefficient (Wildman–Crippen LogP) is 4.94. The minimum atomic E-state index is -0.470. The number of para-hydroxylation sites is 1. The second-order valence-corrected chi connectivity index (χ2v) is 7.23. The number of hydrogen-bond acceptors (Lipinski definition) is 3. The molecule has 3 N–H and O–H groups in total. The van der Waals surface area contributed by atoms with Crippen LogP contribution in [0.4, 0.5) is 5.69 Å². The van der Waals surface area contributed by atoms with Crippen molar-refractivity contribution >= 4 is 33.4 Å². The van der Waals surface area contributed by atoms with Gasteiger partial charge in [-0.25, -0.2) is 0 Å². The molecule has 2 aromatic heterocycles. The zero-order valence-electron chi connectivity index (χ0n) is 16.7. The van der Waals surface area contributed by atoms with Crippen LogP contribution >= 0.6 is 0 Å². The molecule has 0 radical (unpaired) electrons. The largest absolute Gasteiger partial charge is 0.497 e. The zero-order valence-corrected chi connectivity index (χ0v) is 16.7. The highest BCUT2D eigenvalue weighted by atomic mass is 16.5. The molecule has 0 aliphatic carbocycles. The van der Waals surface area contributed by atoms with E-state index in [0.717, 1.165) is 27.8 Å². The van der Waals surface area contributed by atoms with Crippen molar-refractivity contribution in [1.82, 2.24) is 9.97 Å². The van der Waals surface area contributed by atoms with E-state index in [4.69, 9.17) is 4.74 Å². The first kappa shape index (κ1) is 18.7. The third-order valence-corrected chi connectivity index (χ3v) is 5.35. The van der Waals surface area contributed by atoms with Crippen LogP contribution in [0.5, 0.6) is 5.75 Å². The molecule has 152 valence electrons. The SMILES string of the molecule is COc1cccc(-c2cc3cc[nH]c3cc2NC(=O)c2c[nH]c3ccccc3c2=O)c1. The van der Waals surface area contributed by atoms with Gasteiger partial charge in [0.2, 0.25) is 5.43 Å². The number of amides is 1. The van der Waals surface area contributed by atoms with Crippen molar-refractivity contribution in [3.05, 3.63) is 94.9 Å². The van der Waals surface area contributed by atoms with Crippen molar-refractivity contribution in [2.24, 2.45) is 0 Å². The van der Waals surface area contributed by atoms with E-state index in [2.05, 4.69) is 15.3 Å². The Balaban J connectivity index is 1.61. The summed E-state index contributed by atoms with van der Waals surface area (Å²) in [6.45, 7) is 0. The molecular formula is C25H19N3O3. The third kappa shape index (κ3) is 3.34. The number of rotatable bonds is 4. The summed E-state index contributed by atoms with van der Waals surface area (Å²) in [5.41, 5.74) is 3.64. The van der Waals surface area contributed by atoms with Crippen LogP contribution in [0, 0.1) is 0 Å². The number of nitrogens with one attached hydrogen (secondary N) is 3. The molecule has 0 bridgehead atoms. The average Bonchev–Trinajstić information content (AvgIpc) is 3.26. The number of methoxy groups -OCH3 is 1. The van der Waals surface area contributed by atoms with Gasteiger partial charge in [-0.1, -0.05) is 24.3 Å². The van der Waals surface area contributed by atoms with Crippen LogP contribution < -0.4 is 15.5 Å². The Bertz CT molecular complexity index is 1500. The number of carbonyl (C=O) groups excluding carboxylic acids is 1. The molecule has 0 saturated carbocycles. The van der Waals surface area contributed by atoms with Crippen LogP contribution in [0.3, 0.4) is 0 Å². The Morgan fingerprint density at radius 2 is 1.81 bits per heavy atom. The van der Waals surface area contributed by atoms with Gasteiger partial charge in [-0.05, 0) is 48.0 Å². The number of aromatic nitrogens is 2. The molecule has 0 aliphatic heterocycles. The minimum Gasteiger partial charge on any atom is -0.497 e. The molecule has 6 heteroatoms. The lowest BCUT2D eigenvalue weighted by Crippen LogP contribution is -2.22. The summed E-state index contributed by atoms with van der Waals surface area (Å²) in [7, 11) is 1.61. The van der Waals surface area contributed by atoms with Crippen LogP contribution in [0.15, 0.2) is 83.9 Å². The summed E-state index contributed by atoms with van der Waals surface area (Å²) < 4.78 is 5.36. The number of hydrogen-bond donors (Lipinski definition) is 3. The van der Waals surface area contributed by atoms with Crippen LogP contribution in [0.1, 0.15) is 10.4 Å². The smallest absolute Gasteiger partial charge is 0.261 e. The fraction of sp³-hybridized carbons (Fsp3) is 0.0400. The number of ether oxygens (including phenoxy) is 1. The first-order valence-electron chi connectivity index (χ1n) is 9.81. The third-order valence-electron chi connectivity index (χ3n) is 5.35. The maximum Gasteiger partial charge on any atom is 0.261 e. The second kappa shape index (κ2) is 7.50. The molecule has 31 heavy (non-hydrogen) atoms. The lowest BCUT2D eigenvalue weighted by Gasteiger charge is -2.13. The molecule has 0 aliphatic rings. The Labute approximate surface area is 177 Å². The van der Waals surface area contributed by atoms with Gasteiger partial charge in [0.1, 0.15) is 11.3 Å². The Morgan fingerprint density at radius 1 is 0.935 bits per heavy atom. The van der Waals surface area contributed by atoms with Crippen molar-refractivity contribution in [1.29, 1.82) is 0 Å². The molecule has 3 aromatic carbocycles. The van der Waals surface area contributed by atoms with Crippen LogP contribution in [-0.4, -0.2) is 23.0 Å². The summed E-state index contributed by atoms with van der Waals surface area (Å²) in [5, 5.41) is 4.42. The molecule has 6 nitrogen and oxygen atoms in total. The van der Waals surface area contributed by atoms with Gasteiger partial charge in [0.25, 0.3) is 5.91 Å². The maximum atomic E-state index is 13.1. The maximum absolute atomic E-state index is 13.1. The first-order chi connectivity index (χ1) is 15.1. The van der Waals surface area contributed by atoms with E-state index >= 15 is 0 Å². The fourth-order valence-corrected chi connectivity index (χ4v) is 3.76.